The second-order valence-electron chi connectivity index (χ2n) is 15.9. The van der Waals surface area contributed by atoms with Gasteiger partial charge >= 0.3 is 7.12 Å². The van der Waals surface area contributed by atoms with Crippen molar-refractivity contribution in [3.05, 3.63) is 126 Å². The summed E-state index contributed by atoms with van der Waals surface area (Å²) in [4.78, 5) is 39.5. The number of methoxy groups -OCH3 is 4. The molecule has 1 aliphatic heterocycles. The van der Waals surface area contributed by atoms with E-state index in [0.717, 1.165) is 16.6 Å². The molecule has 1 fully saturated rings. The number of amides is 2. The summed E-state index contributed by atoms with van der Waals surface area (Å²) in [5.41, 5.74) is 16.1. The minimum absolute atomic E-state index is 0.361. The molecule has 1 aliphatic rings. The summed E-state index contributed by atoms with van der Waals surface area (Å²) in [6.07, 6.45) is 6.47. The van der Waals surface area contributed by atoms with Crippen LogP contribution in [0.15, 0.2) is 110 Å². The van der Waals surface area contributed by atoms with Crippen molar-refractivity contribution in [3.8, 4) is 34.4 Å². The molecule has 0 bridgehead atoms. The van der Waals surface area contributed by atoms with Crippen LogP contribution in [-0.4, -0.2) is 97.7 Å². The number of rotatable bonds is 12. The number of primary amides is 2. The summed E-state index contributed by atoms with van der Waals surface area (Å²) in [7, 11) is 5.77. The molecular weight excluding hydrogens is 895 g/mol. The standard InChI is InChI=1S/C20H18N6O3.C13H18BNO3.C13H12ClN5O2/c1-28-16-7-8-17(25-20(16)29-2)24-15-9-14(10-26-19(15)22-11-23-26)12-3-5-13(6-4-12)18(21)27;1-12(2)13(3,4)18-14(17-12)10-7-5-9(6-8-10)11(15)16;1-20-10-3-4-11(18-13(10)21-2)17-9-5-8(14)6-19-12(9)15-7-16-19/h3-11H,1-2H3,(H2,21,27)(H,24,25);5-8H,1-4H3,(H2,15,16);3-7H,1-2H3,(H,17,18). The topological polar surface area (TPSA) is 252 Å². The summed E-state index contributed by atoms with van der Waals surface area (Å²) in [5, 5.41) is 15.2. The highest BCUT2D eigenvalue weighted by Crippen LogP contribution is 2.37. The van der Waals surface area contributed by atoms with Gasteiger partial charge in [-0.2, -0.15) is 20.2 Å². The van der Waals surface area contributed by atoms with E-state index in [1.54, 1.807) is 84.0 Å². The molecular formula is C46H48BClN12O8. The molecule has 2 amide bonds. The van der Waals surface area contributed by atoms with Gasteiger partial charge in [-0.3, -0.25) is 9.59 Å². The van der Waals surface area contributed by atoms with Crippen molar-refractivity contribution in [1.29, 1.82) is 0 Å². The molecule has 6 aromatic heterocycles. The lowest BCUT2D eigenvalue weighted by molar-refractivity contribution is 0.00578. The Hall–Kier alpha value is -8.01. The van der Waals surface area contributed by atoms with Gasteiger partial charge in [0.25, 0.3) is 11.8 Å². The maximum absolute atomic E-state index is 11.3. The average molecular weight is 943 g/mol. The molecule has 0 radical (unpaired) electrons. The second-order valence-corrected chi connectivity index (χ2v) is 16.3. The Kier molecular flexibility index (Phi) is 14.3. The van der Waals surface area contributed by atoms with Crippen molar-refractivity contribution in [2.45, 2.75) is 38.9 Å². The number of aromatic nitrogens is 8. The maximum Gasteiger partial charge on any atom is 0.494 e. The zero-order valence-corrected chi connectivity index (χ0v) is 39.1. The number of nitrogens with zero attached hydrogens (tertiary/aromatic N) is 8. The highest BCUT2D eigenvalue weighted by Gasteiger charge is 2.51. The molecule has 0 saturated carbocycles. The first-order valence-corrected chi connectivity index (χ1v) is 21.1. The minimum Gasteiger partial charge on any atom is -0.491 e. The molecule has 2 aromatic carbocycles. The second kappa shape index (κ2) is 20.2. The molecule has 1 saturated heterocycles. The van der Waals surface area contributed by atoms with Crippen LogP contribution in [0.3, 0.4) is 0 Å². The summed E-state index contributed by atoms with van der Waals surface area (Å²) in [6, 6.07) is 24.8. The molecule has 68 heavy (non-hydrogen) atoms. The van der Waals surface area contributed by atoms with Gasteiger partial charge in [-0.25, -0.2) is 19.0 Å². The Morgan fingerprint density at radius 3 is 1.53 bits per heavy atom. The molecule has 6 N–H and O–H groups in total. The molecule has 9 rings (SSSR count). The first-order valence-electron chi connectivity index (χ1n) is 20.7. The van der Waals surface area contributed by atoms with Gasteiger partial charge in [0.2, 0.25) is 11.8 Å². The lowest BCUT2D eigenvalue weighted by Gasteiger charge is -2.32. The van der Waals surface area contributed by atoms with Gasteiger partial charge in [0, 0.05) is 29.1 Å². The fourth-order valence-corrected chi connectivity index (χ4v) is 6.85. The van der Waals surface area contributed by atoms with Crippen molar-refractivity contribution >= 4 is 70.3 Å². The van der Waals surface area contributed by atoms with Crippen molar-refractivity contribution in [3.63, 3.8) is 0 Å². The van der Waals surface area contributed by atoms with E-state index < -0.39 is 18.9 Å². The molecule has 350 valence electrons. The Bertz CT molecular complexity index is 3060. The van der Waals surface area contributed by atoms with Crippen LogP contribution in [-0.2, 0) is 9.31 Å². The maximum atomic E-state index is 11.3. The third-order valence-electron chi connectivity index (χ3n) is 10.9. The molecule has 8 aromatic rings. The van der Waals surface area contributed by atoms with E-state index in [4.69, 9.17) is 51.3 Å². The van der Waals surface area contributed by atoms with Crippen molar-refractivity contribution in [2.75, 3.05) is 39.1 Å². The number of benzene rings is 2. The number of carbonyl (C=O) groups is 2. The number of hydrogen-bond donors (Lipinski definition) is 4. The van der Waals surface area contributed by atoms with Crippen LogP contribution < -0.4 is 46.5 Å². The van der Waals surface area contributed by atoms with E-state index in [-0.39, 0.29) is 11.2 Å². The molecule has 22 heteroatoms. The fraction of sp³-hybridized carbons (Fsp3) is 0.217. The van der Waals surface area contributed by atoms with Crippen LogP contribution in [0.2, 0.25) is 5.02 Å². The number of hydrogen-bond acceptors (Lipinski definition) is 16. The lowest BCUT2D eigenvalue weighted by Crippen LogP contribution is -2.41. The molecule has 0 aliphatic carbocycles. The first-order chi connectivity index (χ1) is 32.5. The summed E-state index contributed by atoms with van der Waals surface area (Å²) >= 11 is 6.06. The Morgan fingerprint density at radius 1 is 0.618 bits per heavy atom. The van der Waals surface area contributed by atoms with Crippen LogP contribution in [0.25, 0.3) is 22.4 Å². The van der Waals surface area contributed by atoms with E-state index in [0.29, 0.717) is 73.7 Å². The number of halogens is 1. The number of carbonyl (C=O) groups excluding carboxylic acids is 2. The predicted octanol–water partition coefficient (Wildman–Crippen LogP) is 6.27. The largest absolute Gasteiger partial charge is 0.494 e. The van der Waals surface area contributed by atoms with Crippen molar-refractivity contribution < 1.29 is 37.8 Å². The van der Waals surface area contributed by atoms with E-state index >= 15 is 0 Å². The lowest BCUT2D eigenvalue weighted by atomic mass is 9.79. The van der Waals surface area contributed by atoms with Gasteiger partial charge < -0.3 is 50.4 Å². The summed E-state index contributed by atoms with van der Waals surface area (Å²) in [6.45, 7) is 8.02. The highest BCUT2D eigenvalue weighted by atomic mass is 35.5. The quantitative estimate of drug-likeness (QED) is 0.0985. The first kappa shape index (κ1) is 47.9. The molecule has 0 unspecified atom stereocenters. The minimum atomic E-state index is -0.467. The number of pyridine rings is 4. The van der Waals surface area contributed by atoms with Crippen molar-refractivity contribution in [1.82, 2.24) is 39.2 Å². The Morgan fingerprint density at radius 2 is 1.07 bits per heavy atom. The van der Waals surface area contributed by atoms with Crippen LogP contribution in [0.4, 0.5) is 23.0 Å². The Labute approximate surface area is 396 Å². The van der Waals surface area contributed by atoms with Crippen molar-refractivity contribution in [2.24, 2.45) is 11.5 Å². The summed E-state index contributed by atoms with van der Waals surface area (Å²) in [5.74, 6) is 2.10. The molecule has 0 spiro atoms. The molecule has 7 heterocycles. The monoisotopic (exact) mass is 942 g/mol. The van der Waals surface area contributed by atoms with E-state index in [2.05, 4.69) is 40.8 Å². The van der Waals surface area contributed by atoms with E-state index in [1.165, 1.54) is 26.9 Å². The fourth-order valence-electron chi connectivity index (χ4n) is 6.65. The van der Waals surface area contributed by atoms with Gasteiger partial charge in [-0.1, -0.05) is 35.9 Å². The van der Waals surface area contributed by atoms with Gasteiger partial charge in [0.05, 0.1) is 56.0 Å². The zero-order chi connectivity index (χ0) is 48.8. The van der Waals surface area contributed by atoms with Crippen LogP contribution in [0.5, 0.6) is 23.3 Å². The third kappa shape index (κ3) is 10.7. The van der Waals surface area contributed by atoms with E-state index in [9.17, 15) is 9.59 Å². The zero-order valence-electron chi connectivity index (χ0n) is 38.3. The summed E-state index contributed by atoms with van der Waals surface area (Å²) < 4.78 is 35.9. The number of nitrogens with two attached hydrogens (primary N) is 2. The predicted molar refractivity (Wildman–Crippen MR) is 257 cm³/mol. The normalized spacial score (nSPS) is 13.4. The van der Waals surface area contributed by atoms with Gasteiger partial charge in [-0.15, -0.1) is 0 Å². The average Bonchev–Trinajstić information content (AvgIpc) is 4.07. The number of nitrogens with one attached hydrogen (secondary N) is 2. The smallest absolute Gasteiger partial charge is 0.491 e. The van der Waals surface area contributed by atoms with Crippen LogP contribution in [0.1, 0.15) is 48.4 Å². The van der Waals surface area contributed by atoms with E-state index in [1.807, 2.05) is 64.2 Å². The van der Waals surface area contributed by atoms with Gasteiger partial charge in [-0.05, 0) is 99.4 Å². The van der Waals surface area contributed by atoms with Crippen LogP contribution >= 0.6 is 11.6 Å². The number of anilines is 4. The van der Waals surface area contributed by atoms with Gasteiger partial charge in [0.1, 0.15) is 24.3 Å². The van der Waals surface area contributed by atoms with Crippen LogP contribution in [0, 0.1) is 0 Å². The number of ether oxygens (including phenoxy) is 4. The number of fused-ring (bicyclic) bond motifs is 2. The Balaban J connectivity index is 0.000000156. The molecule has 0 atom stereocenters. The molecule has 20 nitrogen and oxygen atoms in total. The highest BCUT2D eigenvalue weighted by molar-refractivity contribution is 6.62. The third-order valence-corrected chi connectivity index (χ3v) is 11.1. The SMILES string of the molecule is CC1(C)OB(c2ccc(C(N)=O)cc2)OC1(C)C.COc1ccc(Nc2cc(-c3ccc(C(N)=O)cc3)cn3ncnc23)nc1OC.COc1ccc(Nc2cc(Cl)cn3ncnc23)nc1OC. The van der Waals surface area contributed by atoms with Gasteiger partial charge in [0.15, 0.2) is 22.8 Å².